The van der Waals surface area contributed by atoms with Crippen LogP contribution < -0.4 is 10.4 Å². The molecule has 10 heteroatoms. The number of aliphatic hydroxyl groups is 2. The molecule has 0 aromatic heterocycles. The number of rotatable bonds is 4. The van der Waals surface area contributed by atoms with Gasteiger partial charge in [0.1, 0.15) is 17.7 Å². The summed E-state index contributed by atoms with van der Waals surface area (Å²) in [6.07, 6.45) is 1.27. The normalized spacial score (nSPS) is 41.1. The van der Waals surface area contributed by atoms with Crippen molar-refractivity contribution < 1.29 is 34.5 Å². The monoisotopic (exact) mass is 560 g/mol. The highest BCUT2D eigenvalue weighted by atomic mass is 35.5. The average Bonchev–Trinajstić information content (AvgIpc) is 3.14. The zero-order valence-corrected chi connectivity index (χ0v) is 23.6. The maximum Gasteiger partial charge on any atom is 0.321 e. The Labute approximate surface area is 233 Å². The number of hydrogen-bond acceptors (Lipinski definition) is 8. The van der Waals surface area contributed by atoms with Crippen LogP contribution >= 0.6 is 11.6 Å². The van der Waals surface area contributed by atoms with Crippen molar-refractivity contribution in [3.63, 3.8) is 0 Å². The van der Waals surface area contributed by atoms with E-state index in [1.165, 1.54) is 12.0 Å². The minimum Gasteiger partial charge on any atom is -0.480 e. The molecule has 1 unspecified atom stereocenters. The molecule has 2 aliphatic heterocycles. The molecule has 2 heterocycles. The van der Waals surface area contributed by atoms with Crippen LogP contribution in [0.25, 0.3) is 0 Å². The van der Waals surface area contributed by atoms with Crippen molar-refractivity contribution in [3.05, 3.63) is 52.6 Å². The van der Waals surface area contributed by atoms with Crippen molar-refractivity contribution in [1.29, 1.82) is 0 Å². The second-order valence-corrected chi connectivity index (χ2v) is 12.2. The predicted molar refractivity (Wildman–Crippen MR) is 145 cm³/mol. The maximum absolute atomic E-state index is 12.9. The number of aliphatic carboxylic acids is 1. The number of halogens is 1. The smallest absolute Gasteiger partial charge is 0.321 e. The number of fused-ring (bicyclic) bond motifs is 4. The summed E-state index contributed by atoms with van der Waals surface area (Å²) in [4.78, 5) is 31.3. The van der Waals surface area contributed by atoms with Crippen molar-refractivity contribution in [1.82, 2.24) is 5.32 Å². The summed E-state index contributed by atoms with van der Waals surface area (Å²) in [7, 11) is 1.63. The quantitative estimate of drug-likeness (QED) is 0.323. The van der Waals surface area contributed by atoms with Gasteiger partial charge in [0.2, 0.25) is 0 Å². The van der Waals surface area contributed by atoms with Crippen LogP contribution in [0.2, 0.25) is 5.02 Å². The fourth-order valence-electron chi connectivity index (χ4n) is 7.90. The first kappa shape index (κ1) is 28.1. The molecule has 1 saturated heterocycles. The van der Waals surface area contributed by atoms with Gasteiger partial charge in [-0.15, -0.1) is 0 Å². The van der Waals surface area contributed by atoms with Crippen LogP contribution in [0.1, 0.15) is 46.1 Å². The Morgan fingerprint density at radius 1 is 1.23 bits per heavy atom. The number of hydrogen-bond donors (Lipinski definition) is 4. The molecule has 0 amide bonds. The molecule has 9 nitrogen and oxygen atoms in total. The molecule has 39 heavy (non-hydrogen) atoms. The summed E-state index contributed by atoms with van der Waals surface area (Å²) in [6, 6.07) is 3.71. The summed E-state index contributed by atoms with van der Waals surface area (Å²) >= 11 is 6.55. The van der Waals surface area contributed by atoms with Crippen LogP contribution in [0.15, 0.2) is 42.0 Å². The van der Waals surface area contributed by atoms with Gasteiger partial charge in [-0.2, -0.15) is 0 Å². The molecule has 10 atom stereocenters. The standard InChI is InChI=1S/C29H37ClN2O7/c1-13(2)17-11-10-15(4)28(36)19(17)12-14(3)25(38-16(5)33)22(28)21-23(26(34)35)31-27-29(21,37)18-8-7-9-20(30)24(18)32(6)39-27/h7-9,12,15,17,19,21-23,25,27,31,36-37H,1,10-11H2,2-6H3,(H,34,35)/t15-,17+,19+,21+,22+,23+,25?,27-,28-,29+/m1/s1. The lowest BCUT2D eigenvalue weighted by Crippen LogP contribution is -2.67. The predicted octanol–water partition coefficient (Wildman–Crippen LogP) is 3.39. The molecule has 5 rings (SSSR count). The molecule has 4 aliphatic rings. The Balaban J connectivity index is 1.80. The molecule has 1 aromatic carbocycles. The van der Waals surface area contributed by atoms with Crippen molar-refractivity contribution in [2.24, 2.45) is 29.6 Å². The van der Waals surface area contributed by atoms with Gasteiger partial charge < -0.3 is 20.1 Å². The lowest BCUT2D eigenvalue weighted by atomic mass is 9.49. The maximum atomic E-state index is 12.9. The third-order valence-electron chi connectivity index (χ3n) is 9.59. The van der Waals surface area contributed by atoms with Crippen molar-refractivity contribution in [2.75, 3.05) is 12.1 Å². The molecular weight excluding hydrogens is 524 g/mol. The van der Waals surface area contributed by atoms with E-state index in [0.717, 1.165) is 12.0 Å². The van der Waals surface area contributed by atoms with Crippen LogP contribution in [0.4, 0.5) is 5.69 Å². The van der Waals surface area contributed by atoms with E-state index >= 15 is 0 Å². The summed E-state index contributed by atoms with van der Waals surface area (Å²) in [6.45, 7) is 11.2. The van der Waals surface area contributed by atoms with E-state index in [2.05, 4.69) is 11.9 Å². The SMILES string of the molecule is C=C(C)[C@@H]1CC[C@@H](C)[C@]2(O)[C@@H]([C@H]3[C@@H](C(=O)O)N[C@@H]4ON(C)c5c(Cl)cccc5[C@]34O)C(OC(C)=O)C(C)=C[C@@H]12. The lowest BCUT2D eigenvalue weighted by Gasteiger charge is -2.59. The van der Waals surface area contributed by atoms with Crippen LogP contribution in [0.5, 0.6) is 0 Å². The number of carbonyl (C=O) groups excluding carboxylic acids is 1. The highest BCUT2D eigenvalue weighted by Gasteiger charge is 2.71. The van der Waals surface area contributed by atoms with Gasteiger partial charge in [-0.1, -0.05) is 48.9 Å². The number of carboxylic acid groups (broad SMARTS) is 1. The van der Waals surface area contributed by atoms with Gasteiger partial charge in [-0.3, -0.25) is 24.8 Å². The molecular formula is C29H37ClN2O7. The van der Waals surface area contributed by atoms with E-state index in [1.54, 1.807) is 25.2 Å². The Morgan fingerprint density at radius 3 is 2.54 bits per heavy atom. The Kier molecular flexibility index (Phi) is 6.91. The lowest BCUT2D eigenvalue weighted by molar-refractivity contribution is -0.223. The van der Waals surface area contributed by atoms with E-state index in [9.17, 15) is 24.9 Å². The van der Waals surface area contributed by atoms with Crippen LogP contribution in [-0.2, 0) is 24.8 Å². The first-order valence-corrected chi connectivity index (χ1v) is 13.8. The topological polar surface area (TPSA) is 129 Å². The van der Waals surface area contributed by atoms with Gasteiger partial charge in [0, 0.05) is 37.3 Å². The summed E-state index contributed by atoms with van der Waals surface area (Å²) in [5, 5.41) is 40.8. The van der Waals surface area contributed by atoms with Gasteiger partial charge in [-0.25, -0.2) is 0 Å². The molecule has 1 saturated carbocycles. The summed E-state index contributed by atoms with van der Waals surface area (Å²) in [5.74, 6) is -4.74. The number of nitrogens with zero attached hydrogens (tertiary/aromatic N) is 1. The number of nitrogens with one attached hydrogen (secondary N) is 1. The van der Waals surface area contributed by atoms with Gasteiger partial charge in [0.05, 0.1) is 16.3 Å². The van der Waals surface area contributed by atoms with Crippen LogP contribution in [-0.4, -0.2) is 58.3 Å². The largest absolute Gasteiger partial charge is 0.480 e. The molecule has 212 valence electrons. The molecule has 4 N–H and O–H groups in total. The summed E-state index contributed by atoms with van der Waals surface area (Å²) < 4.78 is 5.87. The third-order valence-corrected chi connectivity index (χ3v) is 9.90. The number of carboxylic acids is 1. The van der Waals surface area contributed by atoms with E-state index in [1.807, 2.05) is 26.8 Å². The van der Waals surface area contributed by atoms with Crippen molar-refractivity contribution in [2.45, 2.75) is 70.1 Å². The molecule has 2 fully saturated rings. The number of para-hydroxylation sites is 1. The second kappa shape index (κ2) is 9.59. The average molecular weight is 561 g/mol. The zero-order valence-electron chi connectivity index (χ0n) is 22.8. The van der Waals surface area contributed by atoms with Crippen LogP contribution in [0, 0.1) is 29.6 Å². The number of carbonyl (C=O) groups is 2. The zero-order chi connectivity index (χ0) is 28.6. The minimum absolute atomic E-state index is 0.0690. The molecule has 0 radical (unpaired) electrons. The van der Waals surface area contributed by atoms with E-state index in [0.29, 0.717) is 28.3 Å². The molecule has 2 aliphatic carbocycles. The number of ether oxygens (including phenoxy) is 1. The van der Waals surface area contributed by atoms with E-state index in [4.69, 9.17) is 21.2 Å². The van der Waals surface area contributed by atoms with Gasteiger partial charge in [0.15, 0.2) is 6.23 Å². The highest BCUT2D eigenvalue weighted by molar-refractivity contribution is 6.33. The van der Waals surface area contributed by atoms with Crippen molar-refractivity contribution >= 4 is 29.2 Å². The first-order chi connectivity index (χ1) is 18.2. The Bertz CT molecular complexity index is 1250. The fraction of sp³-hybridized carbons (Fsp3) is 0.586. The van der Waals surface area contributed by atoms with Gasteiger partial charge in [0.25, 0.3) is 0 Å². The fourth-order valence-corrected chi connectivity index (χ4v) is 8.19. The van der Waals surface area contributed by atoms with Crippen LogP contribution in [0.3, 0.4) is 0 Å². The highest BCUT2D eigenvalue weighted by Crippen LogP contribution is 2.61. The van der Waals surface area contributed by atoms with E-state index < -0.39 is 59.3 Å². The van der Waals surface area contributed by atoms with Gasteiger partial charge >= 0.3 is 11.9 Å². The molecule has 0 bridgehead atoms. The first-order valence-electron chi connectivity index (χ1n) is 13.4. The molecule has 0 spiro atoms. The van der Waals surface area contributed by atoms with Gasteiger partial charge in [-0.05, 0) is 50.2 Å². The van der Waals surface area contributed by atoms with Crippen molar-refractivity contribution in [3.8, 4) is 0 Å². The number of anilines is 1. The summed E-state index contributed by atoms with van der Waals surface area (Å²) in [5.41, 5.74) is -1.08. The third kappa shape index (κ3) is 3.96. The number of hydroxylamine groups is 1. The minimum atomic E-state index is -1.94. The Morgan fingerprint density at radius 2 is 1.92 bits per heavy atom. The second-order valence-electron chi connectivity index (χ2n) is 11.8. The number of esters is 1. The Hall–Kier alpha value is -2.43. The molecule has 1 aromatic rings. The number of benzene rings is 1. The van der Waals surface area contributed by atoms with E-state index in [-0.39, 0.29) is 11.8 Å². The number of allylic oxidation sites excluding steroid dienone is 1.